The van der Waals surface area contributed by atoms with E-state index in [4.69, 9.17) is 0 Å². The lowest BCUT2D eigenvalue weighted by molar-refractivity contribution is -0.120. The molecule has 1 N–H and O–H groups in total. The van der Waals surface area contributed by atoms with Crippen molar-refractivity contribution in [3.05, 3.63) is 101 Å². The Morgan fingerprint density at radius 3 is 2.30 bits per heavy atom. The molecule has 0 atom stereocenters. The number of rotatable bonds is 7. The highest BCUT2D eigenvalue weighted by molar-refractivity contribution is 6.06. The van der Waals surface area contributed by atoms with Crippen molar-refractivity contribution in [2.24, 2.45) is 0 Å². The molecule has 0 aliphatic heterocycles. The third-order valence-corrected chi connectivity index (χ3v) is 4.54. The van der Waals surface area contributed by atoms with Crippen molar-refractivity contribution in [1.82, 2.24) is 5.32 Å². The van der Waals surface area contributed by atoms with Crippen LogP contribution in [0.25, 0.3) is 0 Å². The van der Waals surface area contributed by atoms with E-state index >= 15 is 0 Å². The molecule has 4 nitrogen and oxygen atoms in total. The van der Waals surface area contributed by atoms with Gasteiger partial charge in [0.2, 0.25) is 5.91 Å². The number of nitrogens with zero attached hydrogens (tertiary/aromatic N) is 1. The molecular weight excluding hydrogens is 379 g/mol. The van der Waals surface area contributed by atoms with Crippen LogP contribution in [0.2, 0.25) is 0 Å². The number of halogens is 1. The summed E-state index contributed by atoms with van der Waals surface area (Å²) in [7, 11) is 0. The summed E-state index contributed by atoms with van der Waals surface area (Å²) in [6, 6.07) is 22.7. The summed E-state index contributed by atoms with van der Waals surface area (Å²) in [5.74, 6) is -0.838. The molecule has 30 heavy (non-hydrogen) atoms. The molecule has 0 saturated heterocycles. The summed E-state index contributed by atoms with van der Waals surface area (Å²) in [6.07, 6.45) is 0.222. The van der Waals surface area contributed by atoms with Gasteiger partial charge < -0.3 is 10.2 Å². The molecule has 0 unspecified atom stereocenters. The molecule has 0 spiro atoms. The van der Waals surface area contributed by atoms with Gasteiger partial charge in [-0.05, 0) is 55.3 Å². The van der Waals surface area contributed by atoms with Gasteiger partial charge in [0.05, 0.1) is 13.0 Å². The summed E-state index contributed by atoms with van der Waals surface area (Å²) in [6.45, 7) is 4.15. The van der Waals surface area contributed by atoms with Gasteiger partial charge in [0, 0.05) is 17.3 Å². The molecule has 3 aromatic carbocycles. The summed E-state index contributed by atoms with van der Waals surface area (Å²) in [5.41, 5.74) is 2.68. The minimum absolute atomic E-state index is 0.0600. The van der Waals surface area contributed by atoms with Gasteiger partial charge in [0.25, 0.3) is 5.91 Å². The highest BCUT2D eigenvalue weighted by Crippen LogP contribution is 2.22. The maximum atomic E-state index is 13.7. The Morgan fingerprint density at radius 2 is 1.60 bits per heavy atom. The third kappa shape index (κ3) is 5.77. The lowest BCUT2D eigenvalue weighted by Gasteiger charge is -2.24. The second-order valence-electron chi connectivity index (χ2n) is 7.46. The first-order valence-corrected chi connectivity index (χ1v) is 9.92. The predicted octanol–water partition coefficient (Wildman–Crippen LogP) is 4.74. The fourth-order valence-corrected chi connectivity index (χ4v) is 3.22. The Labute approximate surface area is 176 Å². The van der Waals surface area contributed by atoms with Crippen LogP contribution in [0.5, 0.6) is 0 Å². The first-order valence-electron chi connectivity index (χ1n) is 9.92. The lowest BCUT2D eigenvalue weighted by Crippen LogP contribution is -2.32. The van der Waals surface area contributed by atoms with Crippen molar-refractivity contribution >= 4 is 17.5 Å². The molecule has 0 bridgehead atoms. The molecule has 0 aliphatic rings. The van der Waals surface area contributed by atoms with Crippen molar-refractivity contribution in [3.63, 3.8) is 0 Å². The second kappa shape index (κ2) is 9.83. The molecule has 3 aromatic rings. The van der Waals surface area contributed by atoms with Crippen molar-refractivity contribution in [3.8, 4) is 0 Å². The molecule has 3 rings (SSSR count). The fraction of sp³-hybridized carbons (Fsp3) is 0.200. The minimum atomic E-state index is -0.459. The molecule has 0 heterocycles. The minimum Gasteiger partial charge on any atom is -0.354 e. The van der Waals surface area contributed by atoms with Crippen LogP contribution < -0.4 is 10.2 Å². The van der Waals surface area contributed by atoms with Gasteiger partial charge in [0.1, 0.15) is 5.82 Å². The van der Waals surface area contributed by atoms with Gasteiger partial charge in [-0.25, -0.2) is 4.39 Å². The summed E-state index contributed by atoms with van der Waals surface area (Å²) in [4.78, 5) is 27.0. The summed E-state index contributed by atoms with van der Waals surface area (Å²) in [5, 5.41) is 2.87. The van der Waals surface area contributed by atoms with Crippen LogP contribution in [0.1, 0.15) is 35.3 Å². The molecule has 154 valence electrons. The fourth-order valence-electron chi connectivity index (χ4n) is 3.22. The van der Waals surface area contributed by atoms with Crippen LogP contribution >= 0.6 is 0 Å². The van der Waals surface area contributed by atoms with E-state index in [9.17, 15) is 14.0 Å². The number of anilines is 1. The predicted molar refractivity (Wildman–Crippen MR) is 117 cm³/mol. The summed E-state index contributed by atoms with van der Waals surface area (Å²) >= 11 is 0. The second-order valence-corrected chi connectivity index (χ2v) is 7.46. The zero-order chi connectivity index (χ0) is 21.5. The van der Waals surface area contributed by atoms with Gasteiger partial charge in [-0.15, -0.1) is 0 Å². The molecule has 0 radical (unpaired) electrons. The average Bonchev–Trinajstić information content (AvgIpc) is 2.72. The molecular formula is C25H25FN2O2. The first-order chi connectivity index (χ1) is 14.4. The number of carbonyl (C=O) groups is 2. The molecule has 0 saturated carbocycles. The molecule has 5 heteroatoms. The van der Waals surface area contributed by atoms with E-state index < -0.39 is 5.82 Å². The quantitative estimate of drug-likeness (QED) is 0.618. The van der Waals surface area contributed by atoms with Crippen molar-refractivity contribution < 1.29 is 14.0 Å². The normalized spacial score (nSPS) is 10.7. The molecule has 0 fully saturated rings. The van der Waals surface area contributed by atoms with Gasteiger partial charge in [-0.1, -0.05) is 48.5 Å². The standard InChI is InChI=1S/C25H25FN2O2/c1-18(2)27-24(29)15-20-10-6-13-23(14-20)28(17-19-8-4-3-5-9-19)25(30)21-11-7-12-22(26)16-21/h3-14,16,18H,15,17H2,1-2H3,(H,27,29). The van der Waals surface area contributed by atoms with Crippen molar-refractivity contribution in [2.75, 3.05) is 4.90 Å². The van der Waals surface area contributed by atoms with E-state index in [-0.39, 0.29) is 29.8 Å². The SMILES string of the molecule is CC(C)NC(=O)Cc1cccc(N(Cc2ccccc2)C(=O)c2cccc(F)c2)c1. The maximum Gasteiger partial charge on any atom is 0.258 e. The number of amides is 2. The lowest BCUT2D eigenvalue weighted by atomic mass is 10.1. The van der Waals surface area contributed by atoms with Crippen LogP contribution in [-0.4, -0.2) is 17.9 Å². The third-order valence-electron chi connectivity index (χ3n) is 4.54. The Bertz CT molecular complexity index is 1020. The van der Waals surface area contributed by atoms with E-state index in [1.54, 1.807) is 11.0 Å². The average molecular weight is 404 g/mol. The molecule has 0 aromatic heterocycles. The number of hydrogen-bond donors (Lipinski definition) is 1. The van der Waals surface area contributed by atoms with Crippen LogP contribution in [0.3, 0.4) is 0 Å². The van der Waals surface area contributed by atoms with Gasteiger partial charge >= 0.3 is 0 Å². The van der Waals surface area contributed by atoms with Gasteiger partial charge in [0.15, 0.2) is 0 Å². The molecule has 2 amide bonds. The zero-order valence-electron chi connectivity index (χ0n) is 17.1. The van der Waals surface area contributed by atoms with Crippen LogP contribution in [0.15, 0.2) is 78.9 Å². The smallest absolute Gasteiger partial charge is 0.258 e. The molecule has 0 aliphatic carbocycles. The van der Waals surface area contributed by atoms with Crippen LogP contribution in [-0.2, 0) is 17.8 Å². The van der Waals surface area contributed by atoms with Crippen LogP contribution in [0.4, 0.5) is 10.1 Å². The summed E-state index contributed by atoms with van der Waals surface area (Å²) < 4.78 is 13.7. The Hall–Kier alpha value is -3.47. The van der Waals surface area contributed by atoms with Gasteiger partial charge in [-0.2, -0.15) is 0 Å². The van der Waals surface area contributed by atoms with Crippen molar-refractivity contribution in [1.29, 1.82) is 0 Å². The topological polar surface area (TPSA) is 49.4 Å². The Kier molecular flexibility index (Phi) is 6.96. The van der Waals surface area contributed by atoms with Crippen molar-refractivity contribution in [2.45, 2.75) is 32.9 Å². The van der Waals surface area contributed by atoms with E-state index in [2.05, 4.69) is 5.32 Å². The number of benzene rings is 3. The number of hydrogen-bond acceptors (Lipinski definition) is 2. The largest absolute Gasteiger partial charge is 0.354 e. The zero-order valence-corrected chi connectivity index (χ0v) is 17.1. The van der Waals surface area contributed by atoms with Gasteiger partial charge in [-0.3, -0.25) is 9.59 Å². The van der Waals surface area contributed by atoms with Crippen LogP contribution in [0, 0.1) is 5.82 Å². The van der Waals surface area contributed by atoms with E-state index in [0.717, 1.165) is 11.1 Å². The first kappa shape index (κ1) is 21.2. The van der Waals surface area contributed by atoms with E-state index in [1.165, 1.54) is 18.2 Å². The highest BCUT2D eigenvalue weighted by Gasteiger charge is 2.19. The Balaban J connectivity index is 1.92. The van der Waals surface area contributed by atoms with E-state index in [1.807, 2.05) is 68.4 Å². The maximum absolute atomic E-state index is 13.7. The number of nitrogens with one attached hydrogen (secondary N) is 1. The highest BCUT2D eigenvalue weighted by atomic mass is 19.1. The van der Waals surface area contributed by atoms with E-state index in [0.29, 0.717) is 12.2 Å². The number of carbonyl (C=O) groups excluding carboxylic acids is 2. The monoisotopic (exact) mass is 404 g/mol. The Morgan fingerprint density at radius 1 is 0.900 bits per heavy atom.